The minimum Gasteiger partial charge on any atom is -0.458 e. The average Bonchev–Trinajstić information content (AvgIpc) is 2.93. The van der Waals surface area contributed by atoms with E-state index >= 15 is 0 Å². The van der Waals surface area contributed by atoms with Crippen molar-refractivity contribution in [3.8, 4) is 0 Å². The fourth-order valence-corrected chi connectivity index (χ4v) is 4.40. The highest BCUT2D eigenvalue weighted by atomic mass is 35.5. The second kappa shape index (κ2) is 7.28. The molecule has 7 nitrogen and oxygen atoms in total. The lowest BCUT2D eigenvalue weighted by Crippen LogP contribution is -2.45. The van der Waals surface area contributed by atoms with E-state index in [0.29, 0.717) is 24.2 Å². The van der Waals surface area contributed by atoms with Crippen LogP contribution in [0.25, 0.3) is 5.52 Å². The quantitative estimate of drug-likeness (QED) is 0.786. The van der Waals surface area contributed by atoms with Crippen molar-refractivity contribution in [1.29, 1.82) is 0 Å². The number of halogens is 1. The van der Waals surface area contributed by atoms with E-state index < -0.39 is 0 Å². The second-order valence-electron chi connectivity index (χ2n) is 7.51. The first-order valence-corrected chi connectivity index (χ1v) is 9.96. The Morgan fingerprint density at radius 1 is 1.52 bits per heavy atom. The van der Waals surface area contributed by atoms with E-state index in [-0.39, 0.29) is 23.5 Å². The molecule has 1 saturated carbocycles. The zero-order valence-electron chi connectivity index (χ0n) is 15.7. The van der Waals surface area contributed by atoms with Crippen molar-refractivity contribution in [2.45, 2.75) is 63.5 Å². The molecule has 2 aromatic rings. The highest BCUT2D eigenvalue weighted by molar-refractivity contribution is 6.34. The number of rotatable bonds is 5. The van der Waals surface area contributed by atoms with E-state index in [9.17, 15) is 4.79 Å². The number of hydrogen-bond donors (Lipinski definition) is 1. The molecule has 8 heteroatoms. The van der Waals surface area contributed by atoms with Gasteiger partial charge in [-0.2, -0.15) is 0 Å². The fourth-order valence-electron chi connectivity index (χ4n) is 4.16. The van der Waals surface area contributed by atoms with Gasteiger partial charge in [0.25, 0.3) is 0 Å². The summed E-state index contributed by atoms with van der Waals surface area (Å²) in [5, 5.41) is 8.74. The van der Waals surface area contributed by atoms with Crippen molar-refractivity contribution in [1.82, 2.24) is 14.6 Å². The molecule has 2 atom stereocenters. The number of aromatic nitrogens is 3. The van der Waals surface area contributed by atoms with Gasteiger partial charge in [0.1, 0.15) is 11.6 Å². The van der Waals surface area contributed by atoms with E-state index in [4.69, 9.17) is 26.2 Å². The minimum atomic E-state index is -0.350. The lowest BCUT2D eigenvalue weighted by Gasteiger charge is -2.40. The van der Waals surface area contributed by atoms with E-state index in [2.05, 4.69) is 17.2 Å². The van der Waals surface area contributed by atoms with Gasteiger partial charge in [0.05, 0.1) is 29.6 Å². The van der Waals surface area contributed by atoms with E-state index in [0.717, 1.165) is 36.9 Å². The van der Waals surface area contributed by atoms with Gasteiger partial charge in [0.2, 0.25) is 5.95 Å². The van der Waals surface area contributed by atoms with Gasteiger partial charge < -0.3 is 14.8 Å². The molecule has 2 aromatic heterocycles. The third-order valence-corrected chi connectivity index (χ3v) is 6.24. The van der Waals surface area contributed by atoms with Gasteiger partial charge in [0, 0.05) is 18.9 Å². The smallest absolute Gasteiger partial charge is 0.303 e. The number of ether oxygens (including phenoxy) is 2. The van der Waals surface area contributed by atoms with Crippen LogP contribution in [0.4, 0.5) is 5.95 Å². The molecule has 0 amide bonds. The normalized spacial score (nSPS) is 24.4. The van der Waals surface area contributed by atoms with Crippen molar-refractivity contribution in [3.05, 3.63) is 23.0 Å². The molecule has 2 aliphatic rings. The molecule has 0 bridgehead atoms. The number of carbonyl (C=O) groups excluding carboxylic acids is 1. The van der Waals surface area contributed by atoms with Crippen LogP contribution in [0.3, 0.4) is 0 Å². The van der Waals surface area contributed by atoms with E-state index in [1.165, 1.54) is 13.3 Å². The monoisotopic (exact) mass is 392 g/mol. The maximum Gasteiger partial charge on any atom is 0.303 e. The maximum atomic E-state index is 11.4. The SMILES string of the molecule is CCC1(c2cc(Cl)c3cnc(NC4CCOCC4OC(C)=O)nn23)CCC1. The average molecular weight is 393 g/mol. The van der Waals surface area contributed by atoms with Crippen molar-refractivity contribution >= 4 is 29.0 Å². The number of esters is 1. The van der Waals surface area contributed by atoms with E-state index in [1.54, 1.807) is 6.20 Å². The zero-order chi connectivity index (χ0) is 19.0. The summed E-state index contributed by atoms with van der Waals surface area (Å²) in [4.78, 5) is 15.8. The van der Waals surface area contributed by atoms with Crippen LogP contribution in [0.15, 0.2) is 12.3 Å². The number of carbonyl (C=O) groups is 1. The van der Waals surface area contributed by atoms with Gasteiger partial charge >= 0.3 is 5.97 Å². The Kier molecular flexibility index (Phi) is 4.99. The standard InChI is InChI=1S/C19H25ClN4O3/c1-3-19(6-4-7-19)17-9-13(20)15-10-21-18(23-24(15)17)22-14-5-8-26-11-16(14)27-12(2)25/h9-10,14,16H,3-8,11H2,1-2H3,(H,22,23). The van der Waals surface area contributed by atoms with Gasteiger partial charge in [-0.15, -0.1) is 5.10 Å². The van der Waals surface area contributed by atoms with Gasteiger partial charge in [-0.1, -0.05) is 24.9 Å². The third kappa shape index (κ3) is 3.38. The number of nitrogens with one attached hydrogen (secondary N) is 1. The Morgan fingerprint density at radius 3 is 3.00 bits per heavy atom. The Bertz CT molecular complexity index is 843. The van der Waals surface area contributed by atoms with Gasteiger partial charge in [-0.05, 0) is 31.7 Å². The van der Waals surface area contributed by atoms with Crippen LogP contribution in [0, 0.1) is 0 Å². The molecular weight excluding hydrogens is 368 g/mol. The van der Waals surface area contributed by atoms with Crippen LogP contribution in [-0.4, -0.2) is 45.9 Å². The predicted octanol–water partition coefficient (Wildman–Crippen LogP) is 3.35. The summed E-state index contributed by atoms with van der Waals surface area (Å²) in [6.07, 6.45) is 6.75. The topological polar surface area (TPSA) is 77.8 Å². The van der Waals surface area contributed by atoms with Crippen molar-refractivity contribution in [2.24, 2.45) is 0 Å². The largest absolute Gasteiger partial charge is 0.458 e. The first kappa shape index (κ1) is 18.5. The number of hydrogen-bond acceptors (Lipinski definition) is 6. The molecule has 27 heavy (non-hydrogen) atoms. The molecular formula is C19H25ClN4O3. The summed E-state index contributed by atoms with van der Waals surface area (Å²) in [6, 6.07) is 1.95. The lowest BCUT2D eigenvalue weighted by atomic mass is 9.65. The Balaban J connectivity index is 1.64. The second-order valence-corrected chi connectivity index (χ2v) is 7.91. The molecule has 2 fully saturated rings. The molecule has 0 radical (unpaired) electrons. The Labute approximate surface area is 163 Å². The summed E-state index contributed by atoms with van der Waals surface area (Å²) in [7, 11) is 0. The number of nitrogens with zero attached hydrogens (tertiary/aromatic N) is 3. The van der Waals surface area contributed by atoms with Gasteiger partial charge in [-0.25, -0.2) is 9.50 Å². The Hall–Kier alpha value is -1.86. The zero-order valence-corrected chi connectivity index (χ0v) is 16.5. The Morgan fingerprint density at radius 2 is 2.33 bits per heavy atom. The van der Waals surface area contributed by atoms with Crippen molar-refractivity contribution in [3.63, 3.8) is 0 Å². The number of anilines is 1. The van der Waals surface area contributed by atoms with Gasteiger partial charge in [0.15, 0.2) is 0 Å². The first-order valence-electron chi connectivity index (χ1n) is 9.59. The highest BCUT2D eigenvalue weighted by Crippen LogP contribution is 2.47. The van der Waals surface area contributed by atoms with Gasteiger partial charge in [-0.3, -0.25) is 4.79 Å². The summed E-state index contributed by atoms with van der Waals surface area (Å²) in [6.45, 7) is 4.61. The lowest BCUT2D eigenvalue weighted by molar-refractivity contribution is -0.153. The van der Waals surface area contributed by atoms with Crippen LogP contribution in [0.2, 0.25) is 5.02 Å². The minimum absolute atomic E-state index is 0.0848. The van der Waals surface area contributed by atoms with E-state index in [1.807, 2.05) is 10.6 Å². The van der Waals surface area contributed by atoms with Crippen LogP contribution < -0.4 is 5.32 Å². The summed E-state index contributed by atoms with van der Waals surface area (Å²) in [5.41, 5.74) is 2.13. The fraction of sp³-hybridized carbons (Fsp3) is 0.632. The van der Waals surface area contributed by atoms with Crippen LogP contribution in [0.5, 0.6) is 0 Å². The highest BCUT2D eigenvalue weighted by Gasteiger charge is 2.40. The summed E-state index contributed by atoms with van der Waals surface area (Å²) < 4.78 is 12.8. The first-order chi connectivity index (χ1) is 13.0. The molecule has 4 rings (SSSR count). The molecule has 146 valence electrons. The van der Waals surface area contributed by atoms with Crippen molar-refractivity contribution < 1.29 is 14.3 Å². The molecule has 1 aliphatic heterocycles. The molecule has 1 N–H and O–H groups in total. The van der Waals surface area contributed by atoms with Crippen molar-refractivity contribution in [2.75, 3.05) is 18.5 Å². The molecule has 3 heterocycles. The summed E-state index contributed by atoms with van der Waals surface area (Å²) in [5.74, 6) is 0.189. The maximum absolute atomic E-state index is 11.4. The van der Waals surface area contributed by atoms with Crippen LogP contribution in [-0.2, 0) is 19.7 Å². The molecule has 2 unspecified atom stereocenters. The molecule has 1 aliphatic carbocycles. The molecule has 1 saturated heterocycles. The van der Waals surface area contributed by atoms with Crippen LogP contribution >= 0.6 is 11.6 Å². The molecule has 0 spiro atoms. The number of fused-ring (bicyclic) bond motifs is 1. The molecule has 0 aromatic carbocycles. The summed E-state index contributed by atoms with van der Waals surface area (Å²) >= 11 is 6.45. The predicted molar refractivity (Wildman–Crippen MR) is 102 cm³/mol. The van der Waals surface area contributed by atoms with Crippen LogP contribution in [0.1, 0.15) is 51.6 Å². The third-order valence-electron chi connectivity index (χ3n) is 5.94.